The third kappa shape index (κ3) is 3.50. The van der Waals surface area contributed by atoms with Gasteiger partial charge in [-0.3, -0.25) is 0 Å². The summed E-state index contributed by atoms with van der Waals surface area (Å²) in [7, 11) is 0. The van der Waals surface area contributed by atoms with Gasteiger partial charge in [-0.15, -0.1) is 0 Å². The molecule has 0 atom stereocenters. The van der Waals surface area contributed by atoms with Gasteiger partial charge in [-0.2, -0.15) is 0 Å². The fourth-order valence-electron chi connectivity index (χ4n) is 1.61. The average Bonchev–Trinajstić information content (AvgIpc) is 2.22. The molecule has 0 heterocycles. The predicted octanol–water partition coefficient (Wildman–Crippen LogP) is 3.87. The van der Waals surface area contributed by atoms with Crippen molar-refractivity contribution >= 4 is 11.6 Å². The lowest BCUT2D eigenvalue weighted by molar-refractivity contribution is 0.348. The molecule has 16 heavy (non-hydrogen) atoms. The number of rotatable bonds is 4. The highest BCUT2D eigenvalue weighted by atomic mass is 35.5. The number of nitrogens with two attached hydrogens (primary N) is 1. The maximum Gasteiger partial charge on any atom is 0.0440 e. The first-order valence-corrected chi connectivity index (χ1v) is 6.19. The van der Waals surface area contributed by atoms with E-state index < -0.39 is 0 Å². The summed E-state index contributed by atoms with van der Waals surface area (Å²) in [6, 6.07) is 4.26. The first-order chi connectivity index (χ1) is 7.35. The second-order valence-electron chi connectivity index (χ2n) is 5.40. The molecule has 0 amide bonds. The molecular formula is C14H22ClN. The quantitative estimate of drug-likeness (QED) is 0.848. The SMILES string of the molecule is Cc1cc(Cl)c(CCC(C)(C)CN)cc1C. The van der Waals surface area contributed by atoms with E-state index in [2.05, 4.69) is 39.8 Å². The van der Waals surface area contributed by atoms with Gasteiger partial charge in [-0.25, -0.2) is 0 Å². The summed E-state index contributed by atoms with van der Waals surface area (Å²) in [5, 5.41) is 0.885. The summed E-state index contributed by atoms with van der Waals surface area (Å²) < 4.78 is 0. The molecule has 1 rings (SSSR count). The van der Waals surface area contributed by atoms with Crippen LogP contribution in [0.25, 0.3) is 0 Å². The molecule has 0 spiro atoms. The number of benzene rings is 1. The van der Waals surface area contributed by atoms with E-state index in [1.54, 1.807) is 0 Å². The Hall–Kier alpha value is -0.530. The normalized spacial score (nSPS) is 11.9. The van der Waals surface area contributed by atoms with Gasteiger partial charge in [0.25, 0.3) is 0 Å². The van der Waals surface area contributed by atoms with Crippen molar-refractivity contribution in [1.29, 1.82) is 0 Å². The molecule has 0 fully saturated rings. The van der Waals surface area contributed by atoms with E-state index in [0.29, 0.717) is 0 Å². The van der Waals surface area contributed by atoms with Crippen LogP contribution in [0.15, 0.2) is 12.1 Å². The molecule has 0 saturated carbocycles. The molecular weight excluding hydrogens is 218 g/mol. The van der Waals surface area contributed by atoms with Crippen LogP contribution in [-0.4, -0.2) is 6.54 Å². The second-order valence-corrected chi connectivity index (χ2v) is 5.80. The molecule has 0 aliphatic rings. The van der Waals surface area contributed by atoms with Gasteiger partial charge in [0.1, 0.15) is 0 Å². The standard InChI is InChI=1S/C14H22ClN/c1-10-7-12(13(15)8-11(10)2)5-6-14(3,4)9-16/h7-8H,5-6,9,16H2,1-4H3. The molecule has 2 heteroatoms. The number of aryl methyl sites for hydroxylation is 3. The molecule has 0 aliphatic heterocycles. The summed E-state index contributed by atoms with van der Waals surface area (Å²) >= 11 is 6.24. The molecule has 1 aromatic carbocycles. The predicted molar refractivity (Wildman–Crippen MR) is 72.1 cm³/mol. The highest BCUT2D eigenvalue weighted by molar-refractivity contribution is 6.31. The highest BCUT2D eigenvalue weighted by Gasteiger charge is 2.16. The van der Waals surface area contributed by atoms with Crippen molar-refractivity contribution in [3.8, 4) is 0 Å². The van der Waals surface area contributed by atoms with Gasteiger partial charge in [0, 0.05) is 5.02 Å². The molecule has 0 radical (unpaired) electrons. The minimum Gasteiger partial charge on any atom is -0.330 e. The lowest BCUT2D eigenvalue weighted by Crippen LogP contribution is -2.24. The van der Waals surface area contributed by atoms with Crippen LogP contribution in [-0.2, 0) is 6.42 Å². The zero-order valence-electron chi connectivity index (χ0n) is 10.7. The van der Waals surface area contributed by atoms with E-state index >= 15 is 0 Å². The van der Waals surface area contributed by atoms with Crippen molar-refractivity contribution in [2.24, 2.45) is 11.1 Å². The molecule has 0 aromatic heterocycles. The summed E-state index contributed by atoms with van der Waals surface area (Å²) in [6.45, 7) is 9.33. The van der Waals surface area contributed by atoms with Crippen LogP contribution in [0.4, 0.5) is 0 Å². The van der Waals surface area contributed by atoms with Gasteiger partial charge in [-0.1, -0.05) is 31.5 Å². The average molecular weight is 240 g/mol. The van der Waals surface area contributed by atoms with E-state index in [-0.39, 0.29) is 5.41 Å². The molecule has 0 aliphatic carbocycles. The Morgan fingerprint density at radius 2 is 1.75 bits per heavy atom. The third-order valence-electron chi connectivity index (χ3n) is 3.29. The van der Waals surface area contributed by atoms with E-state index in [1.165, 1.54) is 16.7 Å². The topological polar surface area (TPSA) is 26.0 Å². The molecule has 0 bridgehead atoms. The number of halogens is 1. The van der Waals surface area contributed by atoms with Crippen LogP contribution in [0.5, 0.6) is 0 Å². The molecule has 2 N–H and O–H groups in total. The Labute approximate surface area is 104 Å². The van der Waals surface area contributed by atoms with Crippen molar-refractivity contribution in [3.63, 3.8) is 0 Å². The fraction of sp³-hybridized carbons (Fsp3) is 0.571. The molecule has 1 nitrogen and oxygen atoms in total. The molecule has 90 valence electrons. The second kappa shape index (κ2) is 5.20. The fourth-order valence-corrected chi connectivity index (χ4v) is 1.92. The van der Waals surface area contributed by atoms with Gasteiger partial charge < -0.3 is 5.73 Å². The monoisotopic (exact) mass is 239 g/mol. The summed E-state index contributed by atoms with van der Waals surface area (Å²) in [5.41, 5.74) is 9.73. The van der Waals surface area contributed by atoms with E-state index in [4.69, 9.17) is 17.3 Å². The number of hydrogen-bond acceptors (Lipinski definition) is 1. The summed E-state index contributed by atoms with van der Waals surface area (Å²) in [5.74, 6) is 0. The van der Waals surface area contributed by atoms with Gasteiger partial charge in [0.05, 0.1) is 0 Å². The minimum absolute atomic E-state index is 0.197. The maximum atomic E-state index is 6.24. The van der Waals surface area contributed by atoms with E-state index in [9.17, 15) is 0 Å². The van der Waals surface area contributed by atoms with Crippen LogP contribution in [0.1, 0.15) is 37.0 Å². The Kier molecular flexibility index (Phi) is 4.40. The van der Waals surface area contributed by atoms with Crippen LogP contribution >= 0.6 is 11.6 Å². The summed E-state index contributed by atoms with van der Waals surface area (Å²) in [6.07, 6.45) is 2.08. The van der Waals surface area contributed by atoms with E-state index in [1.807, 2.05) is 0 Å². The third-order valence-corrected chi connectivity index (χ3v) is 3.64. The maximum absolute atomic E-state index is 6.24. The first kappa shape index (κ1) is 13.5. The molecule has 1 aromatic rings. The van der Waals surface area contributed by atoms with Crippen LogP contribution in [0, 0.1) is 19.3 Å². The number of hydrogen-bond donors (Lipinski definition) is 1. The van der Waals surface area contributed by atoms with Crippen molar-refractivity contribution in [1.82, 2.24) is 0 Å². The smallest absolute Gasteiger partial charge is 0.0440 e. The minimum atomic E-state index is 0.197. The van der Waals surface area contributed by atoms with Gasteiger partial charge in [-0.05, 0) is 61.4 Å². The lowest BCUT2D eigenvalue weighted by Gasteiger charge is -2.22. The van der Waals surface area contributed by atoms with Crippen molar-refractivity contribution in [2.45, 2.75) is 40.5 Å². The van der Waals surface area contributed by atoms with Crippen molar-refractivity contribution in [3.05, 3.63) is 33.8 Å². The zero-order chi connectivity index (χ0) is 12.3. The van der Waals surface area contributed by atoms with Crippen LogP contribution in [0.2, 0.25) is 5.02 Å². The van der Waals surface area contributed by atoms with Crippen molar-refractivity contribution < 1.29 is 0 Å². The first-order valence-electron chi connectivity index (χ1n) is 5.81. The van der Waals surface area contributed by atoms with E-state index in [0.717, 1.165) is 24.4 Å². The zero-order valence-corrected chi connectivity index (χ0v) is 11.5. The van der Waals surface area contributed by atoms with Gasteiger partial charge in [0.2, 0.25) is 0 Å². The Balaban J connectivity index is 2.79. The molecule has 0 saturated heterocycles. The lowest BCUT2D eigenvalue weighted by atomic mass is 9.86. The Morgan fingerprint density at radius 1 is 1.19 bits per heavy atom. The van der Waals surface area contributed by atoms with Crippen LogP contribution < -0.4 is 5.73 Å². The van der Waals surface area contributed by atoms with Crippen LogP contribution in [0.3, 0.4) is 0 Å². The molecule has 0 unspecified atom stereocenters. The van der Waals surface area contributed by atoms with Gasteiger partial charge in [0.15, 0.2) is 0 Å². The van der Waals surface area contributed by atoms with Crippen molar-refractivity contribution in [2.75, 3.05) is 6.54 Å². The Morgan fingerprint density at radius 3 is 2.31 bits per heavy atom. The van der Waals surface area contributed by atoms with Gasteiger partial charge >= 0.3 is 0 Å². The summed E-state index contributed by atoms with van der Waals surface area (Å²) in [4.78, 5) is 0. The Bertz CT molecular complexity index is 369. The highest BCUT2D eigenvalue weighted by Crippen LogP contribution is 2.26. The largest absolute Gasteiger partial charge is 0.330 e.